The van der Waals surface area contributed by atoms with Crippen molar-refractivity contribution in [2.45, 2.75) is 25.3 Å². The molecule has 0 radical (unpaired) electrons. The number of nitrogens with zero attached hydrogens (tertiary/aromatic N) is 1. The van der Waals surface area contributed by atoms with Gasteiger partial charge >= 0.3 is 6.05 Å². The maximum absolute atomic E-state index is 13.5. The highest BCUT2D eigenvalue weighted by molar-refractivity contribution is 5.54. The van der Waals surface area contributed by atoms with Gasteiger partial charge in [0.05, 0.1) is 0 Å². The molecule has 0 aliphatic carbocycles. The van der Waals surface area contributed by atoms with E-state index in [0.717, 1.165) is 11.3 Å². The Bertz CT molecular complexity index is 335. The summed E-state index contributed by atoms with van der Waals surface area (Å²) in [6.07, 6.45) is 1.36. The van der Waals surface area contributed by atoms with Crippen molar-refractivity contribution >= 4 is 11.4 Å². The molecule has 1 aliphatic heterocycles. The van der Waals surface area contributed by atoms with Gasteiger partial charge in [0.2, 0.25) is 0 Å². The lowest BCUT2D eigenvalue weighted by molar-refractivity contribution is -0.0248. The highest BCUT2D eigenvalue weighted by atomic mass is 19.3. The summed E-state index contributed by atoms with van der Waals surface area (Å²) in [5.74, 6) is 0. The first-order chi connectivity index (χ1) is 7.09. The number of piperidine rings is 1. The summed E-state index contributed by atoms with van der Waals surface area (Å²) in [6.45, 7) is 0.414. The van der Waals surface area contributed by atoms with E-state index in [1.54, 1.807) is 24.3 Å². The van der Waals surface area contributed by atoms with Gasteiger partial charge in [-0.15, -0.1) is 0 Å². The van der Waals surface area contributed by atoms with Gasteiger partial charge in [0.25, 0.3) is 0 Å². The molecule has 2 nitrogen and oxygen atoms in total. The third-order valence-corrected chi connectivity index (χ3v) is 2.71. The Kier molecular flexibility index (Phi) is 2.50. The SMILES string of the molecule is Nc1ccc(N2CCCCC2(F)F)cc1. The first kappa shape index (κ1) is 10.2. The van der Waals surface area contributed by atoms with Gasteiger partial charge in [-0.3, -0.25) is 0 Å². The van der Waals surface area contributed by atoms with E-state index in [4.69, 9.17) is 5.73 Å². The van der Waals surface area contributed by atoms with Crippen molar-refractivity contribution < 1.29 is 8.78 Å². The van der Waals surface area contributed by atoms with Crippen LogP contribution in [0.3, 0.4) is 0 Å². The van der Waals surface area contributed by atoms with E-state index in [-0.39, 0.29) is 6.42 Å². The summed E-state index contributed by atoms with van der Waals surface area (Å²) >= 11 is 0. The van der Waals surface area contributed by atoms with Crippen molar-refractivity contribution in [3.63, 3.8) is 0 Å². The van der Waals surface area contributed by atoms with Crippen molar-refractivity contribution in [2.75, 3.05) is 17.2 Å². The van der Waals surface area contributed by atoms with E-state index in [0.29, 0.717) is 24.3 Å². The molecule has 1 aromatic rings. The zero-order valence-electron chi connectivity index (χ0n) is 8.42. The summed E-state index contributed by atoms with van der Waals surface area (Å²) in [7, 11) is 0. The van der Waals surface area contributed by atoms with E-state index in [1.807, 2.05) is 0 Å². The Balaban J connectivity index is 2.25. The number of benzene rings is 1. The smallest absolute Gasteiger partial charge is 0.325 e. The second-order valence-corrected chi connectivity index (χ2v) is 3.87. The lowest BCUT2D eigenvalue weighted by atomic mass is 10.1. The van der Waals surface area contributed by atoms with Gasteiger partial charge in [-0.25, -0.2) is 0 Å². The maximum Gasteiger partial charge on any atom is 0.325 e. The third kappa shape index (κ3) is 2.03. The highest BCUT2D eigenvalue weighted by Gasteiger charge is 2.39. The zero-order chi connectivity index (χ0) is 10.9. The number of halogens is 2. The van der Waals surface area contributed by atoms with E-state index < -0.39 is 6.05 Å². The lowest BCUT2D eigenvalue weighted by Gasteiger charge is -2.36. The molecule has 0 spiro atoms. The lowest BCUT2D eigenvalue weighted by Crippen LogP contribution is -2.45. The van der Waals surface area contributed by atoms with Gasteiger partial charge in [0.15, 0.2) is 0 Å². The molecule has 0 unspecified atom stereocenters. The molecule has 0 atom stereocenters. The maximum atomic E-state index is 13.5. The highest BCUT2D eigenvalue weighted by Crippen LogP contribution is 2.35. The standard InChI is InChI=1S/C11H14F2N2/c12-11(13)7-1-2-8-15(11)10-5-3-9(14)4-6-10/h3-6H,1-2,7-8,14H2. The van der Waals surface area contributed by atoms with Crippen LogP contribution in [-0.2, 0) is 0 Å². The fourth-order valence-electron chi connectivity index (χ4n) is 1.88. The van der Waals surface area contributed by atoms with Gasteiger partial charge in [0, 0.05) is 24.3 Å². The summed E-state index contributed by atoms with van der Waals surface area (Å²) in [6, 6.07) is 3.89. The fraction of sp³-hybridized carbons (Fsp3) is 0.455. The first-order valence-electron chi connectivity index (χ1n) is 5.11. The van der Waals surface area contributed by atoms with E-state index in [9.17, 15) is 8.78 Å². The van der Waals surface area contributed by atoms with Gasteiger partial charge in [0.1, 0.15) is 0 Å². The molecule has 1 heterocycles. The number of nitrogen functional groups attached to an aromatic ring is 1. The fourth-order valence-corrected chi connectivity index (χ4v) is 1.88. The van der Waals surface area contributed by atoms with Crippen LogP contribution >= 0.6 is 0 Å². The van der Waals surface area contributed by atoms with Crippen LogP contribution in [0, 0.1) is 0 Å². The molecule has 1 aliphatic rings. The molecule has 1 aromatic carbocycles. The summed E-state index contributed by atoms with van der Waals surface area (Å²) < 4.78 is 27.1. The molecule has 0 bridgehead atoms. The molecule has 1 fully saturated rings. The minimum absolute atomic E-state index is 0.0582. The number of nitrogens with two attached hydrogens (primary N) is 1. The van der Waals surface area contributed by atoms with Gasteiger partial charge in [-0.05, 0) is 37.1 Å². The summed E-state index contributed by atoms with van der Waals surface area (Å²) in [4.78, 5) is 1.16. The minimum atomic E-state index is -2.71. The van der Waals surface area contributed by atoms with Crippen LogP contribution < -0.4 is 10.6 Å². The molecule has 0 saturated carbocycles. The Labute approximate surface area is 87.7 Å². The van der Waals surface area contributed by atoms with Crippen LogP contribution in [0.15, 0.2) is 24.3 Å². The van der Waals surface area contributed by atoms with Crippen LogP contribution in [0.5, 0.6) is 0 Å². The second-order valence-electron chi connectivity index (χ2n) is 3.87. The van der Waals surface area contributed by atoms with Crippen molar-refractivity contribution in [3.8, 4) is 0 Å². The zero-order valence-corrected chi connectivity index (χ0v) is 8.42. The monoisotopic (exact) mass is 212 g/mol. The average Bonchev–Trinajstić information content (AvgIpc) is 2.19. The molecule has 4 heteroatoms. The van der Waals surface area contributed by atoms with Crippen LogP contribution in [0.25, 0.3) is 0 Å². The van der Waals surface area contributed by atoms with Crippen LogP contribution in [0.1, 0.15) is 19.3 Å². The van der Waals surface area contributed by atoms with Crippen molar-refractivity contribution in [2.24, 2.45) is 0 Å². The minimum Gasteiger partial charge on any atom is -0.399 e. The Morgan fingerprint density at radius 1 is 1.13 bits per heavy atom. The van der Waals surface area contributed by atoms with Gasteiger partial charge in [-0.2, -0.15) is 8.78 Å². The average molecular weight is 212 g/mol. The Morgan fingerprint density at radius 3 is 2.40 bits per heavy atom. The van der Waals surface area contributed by atoms with E-state index in [2.05, 4.69) is 0 Å². The van der Waals surface area contributed by atoms with Crippen molar-refractivity contribution in [1.29, 1.82) is 0 Å². The van der Waals surface area contributed by atoms with Crippen LogP contribution in [0.4, 0.5) is 20.2 Å². The number of hydrogen-bond donors (Lipinski definition) is 1. The predicted molar refractivity (Wildman–Crippen MR) is 57.0 cm³/mol. The van der Waals surface area contributed by atoms with E-state index >= 15 is 0 Å². The number of hydrogen-bond acceptors (Lipinski definition) is 2. The molecule has 1 saturated heterocycles. The quantitative estimate of drug-likeness (QED) is 0.573. The number of alkyl halides is 2. The van der Waals surface area contributed by atoms with Gasteiger partial charge in [-0.1, -0.05) is 0 Å². The molecule has 15 heavy (non-hydrogen) atoms. The summed E-state index contributed by atoms with van der Waals surface area (Å²) in [5.41, 5.74) is 6.66. The topological polar surface area (TPSA) is 29.3 Å². The largest absolute Gasteiger partial charge is 0.399 e. The molecule has 0 amide bonds. The van der Waals surface area contributed by atoms with Crippen molar-refractivity contribution in [1.82, 2.24) is 0 Å². The number of rotatable bonds is 1. The first-order valence-corrected chi connectivity index (χ1v) is 5.11. The molecule has 2 rings (SSSR count). The summed E-state index contributed by atoms with van der Waals surface area (Å²) in [5, 5.41) is 0. The second kappa shape index (κ2) is 3.68. The molecular formula is C11H14F2N2. The van der Waals surface area contributed by atoms with Crippen molar-refractivity contribution in [3.05, 3.63) is 24.3 Å². The Morgan fingerprint density at radius 2 is 1.80 bits per heavy atom. The normalized spacial score (nSPS) is 20.3. The predicted octanol–water partition coefficient (Wildman–Crippen LogP) is 2.85. The van der Waals surface area contributed by atoms with Crippen LogP contribution in [0.2, 0.25) is 0 Å². The molecule has 0 aromatic heterocycles. The Hall–Kier alpha value is -1.32. The molecular weight excluding hydrogens is 198 g/mol. The molecule has 2 N–H and O–H groups in total. The van der Waals surface area contributed by atoms with Crippen LogP contribution in [-0.4, -0.2) is 12.6 Å². The third-order valence-electron chi connectivity index (χ3n) is 2.71. The number of anilines is 2. The molecule has 82 valence electrons. The van der Waals surface area contributed by atoms with E-state index in [1.165, 1.54) is 0 Å². The van der Waals surface area contributed by atoms with Gasteiger partial charge < -0.3 is 10.6 Å².